The van der Waals surface area contributed by atoms with E-state index in [4.69, 9.17) is 5.73 Å². The van der Waals surface area contributed by atoms with Crippen LogP contribution in [-0.2, 0) is 0 Å². The van der Waals surface area contributed by atoms with Crippen LogP contribution in [0.25, 0.3) is 11.4 Å². The summed E-state index contributed by atoms with van der Waals surface area (Å²) < 4.78 is 0. The molecule has 0 fully saturated rings. The fraction of sp³-hybridized carbons (Fsp3) is 0.0556. The molecule has 0 saturated carbocycles. The molecule has 1 unspecified atom stereocenters. The van der Waals surface area contributed by atoms with Crippen molar-refractivity contribution in [3.63, 3.8) is 0 Å². The quantitative estimate of drug-likeness (QED) is 0.641. The standard InChI is InChI=1S/C18H16N4O2/c19-17(23)12-4-6-14(7-5-12)22-18(24)13-8-10-21-16(11-13)15-3-1-2-9-20-15/h1-11,17,23H,19H2,(H,22,24). The van der Waals surface area contributed by atoms with E-state index in [9.17, 15) is 9.90 Å². The van der Waals surface area contributed by atoms with Gasteiger partial charge in [0.2, 0.25) is 0 Å². The number of anilines is 1. The molecule has 1 amide bonds. The van der Waals surface area contributed by atoms with Crippen LogP contribution in [0.3, 0.4) is 0 Å². The molecule has 1 atom stereocenters. The third kappa shape index (κ3) is 3.62. The van der Waals surface area contributed by atoms with Crippen molar-refractivity contribution in [2.24, 2.45) is 5.73 Å². The van der Waals surface area contributed by atoms with Gasteiger partial charge < -0.3 is 16.2 Å². The van der Waals surface area contributed by atoms with Crippen molar-refractivity contribution in [3.05, 3.63) is 78.1 Å². The number of pyridine rings is 2. The smallest absolute Gasteiger partial charge is 0.255 e. The van der Waals surface area contributed by atoms with Crippen molar-refractivity contribution in [1.82, 2.24) is 9.97 Å². The summed E-state index contributed by atoms with van der Waals surface area (Å²) >= 11 is 0. The molecule has 0 radical (unpaired) electrons. The van der Waals surface area contributed by atoms with E-state index >= 15 is 0 Å². The maximum Gasteiger partial charge on any atom is 0.255 e. The number of aromatic nitrogens is 2. The second-order valence-electron chi connectivity index (χ2n) is 5.17. The lowest BCUT2D eigenvalue weighted by atomic mass is 10.1. The molecule has 4 N–H and O–H groups in total. The molecule has 0 aliphatic rings. The SMILES string of the molecule is NC(O)c1ccc(NC(=O)c2ccnc(-c3ccccn3)c2)cc1. The van der Waals surface area contributed by atoms with E-state index in [-0.39, 0.29) is 5.91 Å². The van der Waals surface area contributed by atoms with Crippen LogP contribution in [0, 0.1) is 0 Å². The molecule has 6 nitrogen and oxygen atoms in total. The van der Waals surface area contributed by atoms with Gasteiger partial charge in [0.15, 0.2) is 0 Å². The highest BCUT2D eigenvalue weighted by atomic mass is 16.3. The van der Waals surface area contributed by atoms with Crippen LogP contribution in [0.2, 0.25) is 0 Å². The number of aliphatic hydroxyl groups is 1. The largest absolute Gasteiger partial charge is 0.375 e. The number of nitrogens with one attached hydrogen (secondary N) is 1. The van der Waals surface area contributed by atoms with Crippen LogP contribution in [0.4, 0.5) is 5.69 Å². The molecule has 2 heterocycles. The van der Waals surface area contributed by atoms with Gasteiger partial charge in [0.25, 0.3) is 5.91 Å². The van der Waals surface area contributed by atoms with Gasteiger partial charge in [-0.25, -0.2) is 0 Å². The van der Waals surface area contributed by atoms with Crippen molar-refractivity contribution >= 4 is 11.6 Å². The van der Waals surface area contributed by atoms with Gasteiger partial charge in [0.05, 0.1) is 11.4 Å². The first-order valence-electron chi connectivity index (χ1n) is 7.36. The molecular formula is C18H16N4O2. The maximum atomic E-state index is 12.4. The molecule has 24 heavy (non-hydrogen) atoms. The van der Waals surface area contributed by atoms with Gasteiger partial charge >= 0.3 is 0 Å². The predicted octanol–water partition coefficient (Wildman–Crippen LogP) is 2.35. The molecule has 3 aromatic rings. The molecule has 0 aliphatic heterocycles. The van der Waals surface area contributed by atoms with Crippen LogP contribution in [0.15, 0.2) is 67.0 Å². The van der Waals surface area contributed by atoms with Crippen LogP contribution in [0.5, 0.6) is 0 Å². The minimum absolute atomic E-state index is 0.254. The Labute approximate surface area is 139 Å². The first-order valence-corrected chi connectivity index (χ1v) is 7.36. The van der Waals surface area contributed by atoms with Crippen molar-refractivity contribution in [3.8, 4) is 11.4 Å². The number of nitrogens with zero attached hydrogens (tertiary/aromatic N) is 2. The van der Waals surface area contributed by atoms with Gasteiger partial charge in [-0.05, 0) is 42.0 Å². The second kappa shape index (κ2) is 6.99. The van der Waals surface area contributed by atoms with E-state index in [1.165, 1.54) is 0 Å². The minimum Gasteiger partial charge on any atom is -0.375 e. The van der Waals surface area contributed by atoms with Gasteiger partial charge in [0.1, 0.15) is 6.23 Å². The molecular weight excluding hydrogens is 304 g/mol. The Morgan fingerprint density at radius 3 is 2.42 bits per heavy atom. The lowest BCUT2D eigenvalue weighted by Crippen LogP contribution is -2.13. The highest BCUT2D eigenvalue weighted by molar-refractivity contribution is 6.04. The van der Waals surface area contributed by atoms with Crippen molar-refractivity contribution in [1.29, 1.82) is 0 Å². The number of hydrogen-bond acceptors (Lipinski definition) is 5. The van der Waals surface area contributed by atoms with Crippen molar-refractivity contribution < 1.29 is 9.90 Å². The molecule has 0 aliphatic carbocycles. The number of rotatable bonds is 4. The monoisotopic (exact) mass is 320 g/mol. The number of carbonyl (C=O) groups is 1. The lowest BCUT2D eigenvalue weighted by Gasteiger charge is -2.08. The Balaban J connectivity index is 1.78. The Bertz CT molecular complexity index is 833. The van der Waals surface area contributed by atoms with E-state index in [2.05, 4.69) is 15.3 Å². The first-order chi connectivity index (χ1) is 11.6. The van der Waals surface area contributed by atoms with Gasteiger partial charge in [-0.2, -0.15) is 0 Å². The number of benzene rings is 1. The van der Waals surface area contributed by atoms with Crippen molar-refractivity contribution in [2.45, 2.75) is 6.23 Å². The van der Waals surface area contributed by atoms with Gasteiger partial charge in [-0.15, -0.1) is 0 Å². The summed E-state index contributed by atoms with van der Waals surface area (Å²) in [6.07, 6.45) is 2.22. The van der Waals surface area contributed by atoms with E-state index in [0.717, 1.165) is 0 Å². The molecule has 120 valence electrons. The molecule has 0 spiro atoms. The zero-order valence-corrected chi connectivity index (χ0v) is 12.8. The Hall–Kier alpha value is -3.09. The molecule has 1 aromatic carbocycles. The topological polar surface area (TPSA) is 101 Å². The lowest BCUT2D eigenvalue weighted by molar-refractivity contribution is 0.102. The number of hydrogen-bond donors (Lipinski definition) is 3. The number of amides is 1. The average molecular weight is 320 g/mol. The summed E-state index contributed by atoms with van der Waals surface area (Å²) in [5.74, 6) is -0.254. The summed E-state index contributed by atoms with van der Waals surface area (Å²) in [7, 11) is 0. The van der Waals surface area contributed by atoms with E-state index in [0.29, 0.717) is 28.2 Å². The van der Waals surface area contributed by atoms with Crippen LogP contribution in [0.1, 0.15) is 22.1 Å². The molecule has 0 saturated heterocycles. The fourth-order valence-corrected chi connectivity index (χ4v) is 2.19. The van der Waals surface area contributed by atoms with Crippen LogP contribution in [-0.4, -0.2) is 21.0 Å². The molecule has 0 bridgehead atoms. The summed E-state index contributed by atoms with van der Waals surface area (Å²) in [6, 6.07) is 15.5. The number of aliphatic hydroxyl groups excluding tert-OH is 1. The van der Waals surface area contributed by atoms with Crippen molar-refractivity contribution in [2.75, 3.05) is 5.32 Å². The van der Waals surface area contributed by atoms with Crippen LogP contribution < -0.4 is 11.1 Å². The maximum absolute atomic E-state index is 12.4. The normalized spacial score (nSPS) is 11.8. The fourth-order valence-electron chi connectivity index (χ4n) is 2.19. The van der Waals surface area contributed by atoms with E-state index in [1.54, 1.807) is 48.8 Å². The zero-order chi connectivity index (χ0) is 16.9. The second-order valence-corrected chi connectivity index (χ2v) is 5.17. The van der Waals surface area contributed by atoms with Gasteiger partial charge in [0, 0.05) is 23.6 Å². The average Bonchev–Trinajstić information content (AvgIpc) is 2.63. The highest BCUT2D eigenvalue weighted by Crippen LogP contribution is 2.17. The molecule has 2 aromatic heterocycles. The number of nitrogens with two attached hydrogens (primary N) is 1. The van der Waals surface area contributed by atoms with Crippen LogP contribution >= 0.6 is 0 Å². The summed E-state index contributed by atoms with van der Waals surface area (Å²) in [5, 5.41) is 12.1. The predicted molar refractivity (Wildman–Crippen MR) is 91.0 cm³/mol. The Morgan fingerprint density at radius 1 is 1.00 bits per heavy atom. The summed E-state index contributed by atoms with van der Waals surface area (Å²) in [5.41, 5.74) is 8.39. The summed E-state index contributed by atoms with van der Waals surface area (Å²) in [6.45, 7) is 0. The number of carbonyl (C=O) groups excluding carboxylic acids is 1. The van der Waals surface area contributed by atoms with E-state index in [1.807, 2.05) is 18.2 Å². The van der Waals surface area contributed by atoms with Gasteiger partial charge in [-0.3, -0.25) is 14.8 Å². The Morgan fingerprint density at radius 2 is 1.75 bits per heavy atom. The Kier molecular flexibility index (Phi) is 4.60. The molecule has 6 heteroatoms. The van der Waals surface area contributed by atoms with E-state index < -0.39 is 6.23 Å². The minimum atomic E-state index is -1.03. The third-order valence-electron chi connectivity index (χ3n) is 3.46. The highest BCUT2D eigenvalue weighted by Gasteiger charge is 2.09. The first kappa shape index (κ1) is 15.8. The molecule has 3 rings (SSSR count). The third-order valence-corrected chi connectivity index (χ3v) is 3.46. The summed E-state index contributed by atoms with van der Waals surface area (Å²) in [4.78, 5) is 20.9. The zero-order valence-electron chi connectivity index (χ0n) is 12.8. The van der Waals surface area contributed by atoms with Gasteiger partial charge in [-0.1, -0.05) is 18.2 Å².